The molecule has 0 bridgehead atoms. The van der Waals surface area contributed by atoms with E-state index in [1.165, 1.54) is 0 Å². The van der Waals surface area contributed by atoms with E-state index in [-0.39, 0.29) is 12.1 Å². The van der Waals surface area contributed by atoms with Gasteiger partial charge in [0, 0.05) is 25.8 Å². The third-order valence-corrected chi connectivity index (χ3v) is 4.11. The highest BCUT2D eigenvalue weighted by Crippen LogP contribution is 2.24. The molecule has 1 aromatic carbocycles. The quantitative estimate of drug-likeness (QED) is 0.882. The van der Waals surface area contributed by atoms with Gasteiger partial charge < -0.3 is 19.4 Å². The number of nitrogens with one attached hydrogen (secondary N) is 2. The molecule has 0 spiro atoms. The second kappa shape index (κ2) is 7.35. The number of rotatable bonds is 5. The SMILES string of the molecule is COc1ccc(-c2cnc(NC(=O)NCC3CCCO3)n2C)cc1. The average Bonchev–Trinajstić information content (AvgIpc) is 3.24. The summed E-state index contributed by atoms with van der Waals surface area (Å²) in [5, 5.41) is 5.59. The number of carbonyl (C=O) groups excluding carboxylic acids is 1. The monoisotopic (exact) mass is 330 g/mol. The number of ether oxygens (including phenoxy) is 2. The molecule has 2 heterocycles. The molecule has 0 aliphatic carbocycles. The van der Waals surface area contributed by atoms with E-state index in [1.807, 2.05) is 35.9 Å². The number of methoxy groups -OCH3 is 1. The third kappa shape index (κ3) is 3.68. The Kier molecular flexibility index (Phi) is 5.00. The lowest BCUT2D eigenvalue weighted by atomic mass is 10.1. The van der Waals surface area contributed by atoms with Crippen LogP contribution in [0.5, 0.6) is 5.75 Å². The Bertz CT molecular complexity index is 690. The summed E-state index contributed by atoms with van der Waals surface area (Å²) in [6.07, 6.45) is 3.90. The van der Waals surface area contributed by atoms with Crippen molar-refractivity contribution < 1.29 is 14.3 Å². The van der Waals surface area contributed by atoms with Gasteiger partial charge >= 0.3 is 6.03 Å². The van der Waals surface area contributed by atoms with Crippen LogP contribution >= 0.6 is 0 Å². The predicted octanol–water partition coefficient (Wildman–Crippen LogP) is 2.40. The smallest absolute Gasteiger partial charge is 0.321 e. The summed E-state index contributed by atoms with van der Waals surface area (Å²) < 4.78 is 12.5. The van der Waals surface area contributed by atoms with E-state index in [1.54, 1.807) is 13.3 Å². The van der Waals surface area contributed by atoms with Crippen molar-refractivity contribution in [1.29, 1.82) is 0 Å². The van der Waals surface area contributed by atoms with E-state index >= 15 is 0 Å². The van der Waals surface area contributed by atoms with Crippen LogP contribution in [0, 0.1) is 0 Å². The predicted molar refractivity (Wildman–Crippen MR) is 91.2 cm³/mol. The van der Waals surface area contributed by atoms with E-state index in [4.69, 9.17) is 9.47 Å². The lowest BCUT2D eigenvalue weighted by Crippen LogP contribution is -2.35. The number of anilines is 1. The van der Waals surface area contributed by atoms with Gasteiger partial charge in [0.1, 0.15) is 5.75 Å². The molecule has 1 saturated heterocycles. The maximum absolute atomic E-state index is 12.0. The lowest BCUT2D eigenvalue weighted by Gasteiger charge is -2.12. The number of aromatic nitrogens is 2. The Hall–Kier alpha value is -2.54. The Morgan fingerprint density at radius 2 is 2.21 bits per heavy atom. The van der Waals surface area contributed by atoms with Crippen LogP contribution in [0.25, 0.3) is 11.3 Å². The summed E-state index contributed by atoms with van der Waals surface area (Å²) in [5.74, 6) is 1.29. The Labute approximate surface area is 141 Å². The molecule has 0 saturated carbocycles. The van der Waals surface area contributed by atoms with E-state index < -0.39 is 0 Å². The highest BCUT2D eigenvalue weighted by molar-refractivity contribution is 5.88. The fourth-order valence-electron chi connectivity index (χ4n) is 2.71. The molecule has 1 fully saturated rings. The highest BCUT2D eigenvalue weighted by atomic mass is 16.5. The van der Waals surface area contributed by atoms with Crippen LogP contribution in [-0.4, -0.2) is 41.9 Å². The number of amides is 2. The molecule has 128 valence electrons. The van der Waals surface area contributed by atoms with Crippen molar-refractivity contribution in [2.75, 3.05) is 25.6 Å². The minimum absolute atomic E-state index is 0.118. The van der Waals surface area contributed by atoms with Gasteiger partial charge in [-0.05, 0) is 37.1 Å². The number of urea groups is 1. The minimum atomic E-state index is -0.277. The summed E-state index contributed by atoms with van der Waals surface area (Å²) >= 11 is 0. The summed E-state index contributed by atoms with van der Waals surface area (Å²) in [6.45, 7) is 1.29. The van der Waals surface area contributed by atoms with E-state index in [0.717, 1.165) is 36.5 Å². The first-order valence-corrected chi connectivity index (χ1v) is 8.00. The average molecular weight is 330 g/mol. The van der Waals surface area contributed by atoms with Gasteiger partial charge in [0.25, 0.3) is 0 Å². The normalized spacial score (nSPS) is 16.8. The second-order valence-electron chi connectivity index (χ2n) is 5.72. The Morgan fingerprint density at radius 1 is 1.42 bits per heavy atom. The zero-order valence-corrected chi connectivity index (χ0v) is 13.9. The molecule has 1 atom stereocenters. The van der Waals surface area contributed by atoms with Gasteiger partial charge in [-0.1, -0.05) is 0 Å². The fourth-order valence-corrected chi connectivity index (χ4v) is 2.71. The van der Waals surface area contributed by atoms with Crippen molar-refractivity contribution in [2.24, 2.45) is 7.05 Å². The van der Waals surface area contributed by atoms with Gasteiger partial charge in [-0.15, -0.1) is 0 Å². The molecule has 1 unspecified atom stereocenters. The van der Waals surface area contributed by atoms with Gasteiger partial charge in [-0.2, -0.15) is 0 Å². The number of nitrogens with zero attached hydrogens (tertiary/aromatic N) is 2. The largest absolute Gasteiger partial charge is 0.497 e. The molecule has 2 N–H and O–H groups in total. The molecule has 0 radical (unpaired) electrons. The molecular weight excluding hydrogens is 308 g/mol. The highest BCUT2D eigenvalue weighted by Gasteiger charge is 2.17. The number of hydrogen-bond donors (Lipinski definition) is 2. The van der Waals surface area contributed by atoms with Crippen LogP contribution in [0.15, 0.2) is 30.5 Å². The van der Waals surface area contributed by atoms with Crippen molar-refractivity contribution in [1.82, 2.24) is 14.9 Å². The summed E-state index contributed by atoms with van der Waals surface area (Å²) in [5.41, 5.74) is 1.91. The maximum atomic E-state index is 12.0. The van der Waals surface area contributed by atoms with Crippen LogP contribution in [-0.2, 0) is 11.8 Å². The molecule has 1 aromatic heterocycles. The number of imidazole rings is 1. The zero-order valence-electron chi connectivity index (χ0n) is 13.9. The Morgan fingerprint density at radius 3 is 2.88 bits per heavy atom. The van der Waals surface area contributed by atoms with Crippen LogP contribution in [0.3, 0.4) is 0 Å². The van der Waals surface area contributed by atoms with Crippen molar-refractivity contribution in [3.8, 4) is 17.0 Å². The van der Waals surface area contributed by atoms with Gasteiger partial charge in [0.15, 0.2) is 0 Å². The third-order valence-electron chi connectivity index (χ3n) is 4.11. The topological polar surface area (TPSA) is 77.4 Å². The van der Waals surface area contributed by atoms with Crippen LogP contribution < -0.4 is 15.4 Å². The van der Waals surface area contributed by atoms with Crippen LogP contribution in [0.1, 0.15) is 12.8 Å². The molecule has 7 heteroatoms. The van der Waals surface area contributed by atoms with E-state index in [2.05, 4.69) is 15.6 Å². The van der Waals surface area contributed by atoms with Crippen molar-refractivity contribution in [3.05, 3.63) is 30.5 Å². The number of carbonyl (C=O) groups is 1. The summed E-state index contributed by atoms with van der Waals surface area (Å²) in [4.78, 5) is 16.3. The fraction of sp³-hybridized carbons (Fsp3) is 0.412. The second-order valence-corrected chi connectivity index (χ2v) is 5.72. The molecule has 7 nitrogen and oxygen atoms in total. The molecule has 1 aliphatic heterocycles. The molecule has 24 heavy (non-hydrogen) atoms. The first-order chi connectivity index (χ1) is 11.7. The molecular formula is C17H22N4O3. The van der Waals surface area contributed by atoms with Crippen LogP contribution in [0.2, 0.25) is 0 Å². The zero-order chi connectivity index (χ0) is 16.9. The Balaban J connectivity index is 1.62. The molecule has 3 rings (SSSR count). The summed E-state index contributed by atoms with van der Waals surface area (Å²) in [6, 6.07) is 7.42. The van der Waals surface area contributed by atoms with E-state index in [9.17, 15) is 4.79 Å². The van der Waals surface area contributed by atoms with Crippen LogP contribution in [0.4, 0.5) is 10.7 Å². The van der Waals surface area contributed by atoms with Gasteiger partial charge in [-0.25, -0.2) is 9.78 Å². The lowest BCUT2D eigenvalue weighted by molar-refractivity contribution is 0.112. The first kappa shape index (κ1) is 16.3. The number of hydrogen-bond acceptors (Lipinski definition) is 4. The number of benzene rings is 1. The van der Waals surface area contributed by atoms with E-state index in [0.29, 0.717) is 12.5 Å². The summed E-state index contributed by atoms with van der Waals surface area (Å²) in [7, 11) is 3.50. The van der Waals surface area contributed by atoms with Crippen molar-refractivity contribution in [3.63, 3.8) is 0 Å². The minimum Gasteiger partial charge on any atom is -0.497 e. The first-order valence-electron chi connectivity index (χ1n) is 8.00. The van der Waals surface area contributed by atoms with Gasteiger partial charge in [0.2, 0.25) is 5.95 Å². The molecule has 2 aromatic rings. The van der Waals surface area contributed by atoms with Gasteiger partial charge in [0.05, 0.1) is 25.1 Å². The van der Waals surface area contributed by atoms with Gasteiger partial charge in [-0.3, -0.25) is 5.32 Å². The maximum Gasteiger partial charge on any atom is 0.321 e. The standard InChI is InChI=1S/C17H22N4O3/c1-21-15(12-5-7-13(23-2)8-6-12)11-18-16(21)20-17(22)19-10-14-4-3-9-24-14/h5-8,11,14H,3-4,9-10H2,1-2H3,(H2,18,19,20,22). The van der Waals surface area contributed by atoms with Crippen molar-refractivity contribution in [2.45, 2.75) is 18.9 Å². The van der Waals surface area contributed by atoms with Crippen molar-refractivity contribution >= 4 is 12.0 Å². The molecule has 1 aliphatic rings. The molecule has 2 amide bonds.